The minimum absolute atomic E-state index is 0.114. The molecule has 1 saturated carbocycles. The average Bonchev–Trinajstić information content (AvgIpc) is 2.99. The molecule has 0 radical (unpaired) electrons. The van der Waals surface area contributed by atoms with Crippen molar-refractivity contribution in [3.8, 4) is 0 Å². The lowest BCUT2D eigenvalue weighted by Gasteiger charge is -2.20. The molecule has 0 aliphatic heterocycles. The van der Waals surface area contributed by atoms with Crippen LogP contribution >= 0.6 is 0 Å². The van der Waals surface area contributed by atoms with E-state index < -0.39 is 12.0 Å². The Bertz CT molecular complexity index is 504. The number of nitrogens with one attached hydrogen (secondary N) is 1. The van der Waals surface area contributed by atoms with Crippen LogP contribution in [0.3, 0.4) is 0 Å². The molecular weight excluding hydrogens is 278 g/mol. The summed E-state index contributed by atoms with van der Waals surface area (Å²) in [4.78, 5) is 23.7. The second-order valence-corrected chi connectivity index (χ2v) is 6.11. The van der Waals surface area contributed by atoms with Gasteiger partial charge in [-0.2, -0.15) is 0 Å². The third-order valence-electron chi connectivity index (χ3n) is 4.26. The van der Waals surface area contributed by atoms with E-state index in [0.717, 1.165) is 38.5 Å². The van der Waals surface area contributed by atoms with Gasteiger partial charge in [-0.3, -0.25) is 9.59 Å². The fourth-order valence-corrected chi connectivity index (χ4v) is 3.10. The predicted octanol–water partition coefficient (Wildman–Crippen LogP) is 3.20. The Morgan fingerprint density at radius 2 is 1.86 bits per heavy atom. The number of carboxylic acid groups (broad SMARTS) is 1. The molecule has 4 nitrogen and oxygen atoms in total. The summed E-state index contributed by atoms with van der Waals surface area (Å²) in [6.07, 6.45) is 6.25. The van der Waals surface area contributed by atoms with Gasteiger partial charge in [-0.1, -0.05) is 50.5 Å². The molecule has 1 aromatic carbocycles. The summed E-state index contributed by atoms with van der Waals surface area (Å²) in [6, 6.07) is 7.20. The minimum atomic E-state index is -0.938. The zero-order chi connectivity index (χ0) is 15.9. The highest BCUT2D eigenvalue weighted by Crippen LogP contribution is 2.20. The molecule has 2 N–H and O–H groups in total. The highest BCUT2D eigenvalue weighted by atomic mass is 16.4. The van der Waals surface area contributed by atoms with E-state index in [2.05, 4.69) is 12.2 Å². The Hall–Kier alpha value is -1.68. The number of hydrogen-bond acceptors (Lipinski definition) is 3. The fraction of sp³-hybridized carbons (Fsp3) is 0.556. The quantitative estimate of drug-likeness (QED) is 0.724. The molecule has 0 heterocycles. The van der Waals surface area contributed by atoms with Gasteiger partial charge in [0.25, 0.3) is 0 Å². The lowest BCUT2D eigenvalue weighted by molar-refractivity contribution is -0.137. The standard InChI is InChI=1S/C18H25NO3/c1-2-5-13-8-10-14(11-9-13)18(22)16(12-17(20)21)19-15-6-3-4-7-15/h8-11,15-16,19H,2-7,12H2,1H3,(H,20,21). The average molecular weight is 303 g/mol. The van der Waals surface area contributed by atoms with Gasteiger partial charge in [0.2, 0.25) is 0 Å². The number of ketones is 1. The SMILES string of the molecule is CCCc1ccc(C(=O)C(CC(=O)O)NC2CCCC2)cc1. The van der Waals surface area contributed by atoms with Crippen LogP contribution in [0.4, 0.5) is 0 Å². The van der Waals surface area contributed by atoms with Gasteiger partial charge in [-0.25, -0.2) is 0 Å². The van der Waals surface area contributed by atoms with Crippen molar-refractivity contribution >= 4 is 11.8 Å². The van der Waals surface area contributed by atoms with Gasteiger partial charge >= 0.3 is 5.97 Å². The van der Waals surface area contributed by atoms with Crippen LogP contribution in [0.2, 0.25) is 0 Å². The zero-order valence-electron chi connectivity index (χ0n) is 13.2. The molecule has 120 valence electrons. The molecule has 1 aromatic rings. The van der Waals surface area contributed by atoms with Crippen molar-refractivity contribution in [3.63, 3.8) is 0 Å². The van der Waals surface area contributed by atoms with Gasteiger partial charge in [-0.05, 0) is 24.8 Å². The van der Waals surface area contributed by atoms with Gasteiger partial charge in [-0.15, -0.1) is 0 Å². The van der Waals surface area contributed by atoms with Crippen LogP contribution in [-0.4, -0.2) is 28.9 Å². The third kappa shape index (κ3) is 4.67. The van der Waals surface area contributed by atoms with Crippen LogP contribution in [0.15, 0.2) is 24.3 Å². The molecule has 1 atom stereocenters. The van der Waals surface area contributed by atoms with E-state index in [1.807, 2.05) is 24.3 Å². The maximum absolute atomic E-state index is 12.6. The lowest BCUT2D eigenvalue weighted by atomic mass is 9.98. The number of aryl methyl sites for hydroxylation is 1. The minimum Gasteiger partial charge on any atom is -0.481 e. The van der Waals surface area contributed by atoms with Crippen molar-refractivity contribution < 1.29 is 14.7 Å². The number of rotatable bonds is 8. The van der Waals surface area contributed by atoms with Gasteiger partial charge in [0, 0.05) is 11.6 Å². The summed E-state index contributed by atoms with van der Waals surface area (Å²) >= 11 is 0. The van der Waals surface area contributed by atoms with E-state index in [0.29, 0.717) is 5.56 Å². The maximum Gasteiger partial charge on any atom is 0.305 e. The summed E-state index contributed by atoms with van der Waals surface area (Å²) in [5.41, 5.74) is 1.80. The molecule has 1 aliphatic rings. The van der Waals surface area contributed by atoms with E-state index in [-0.39, 0.29) is 18.2 Å². The first-order valence-electron chi connectivity index (χ1n) is 8.21. The monoisotopic (exact) mass is 303 g/mol. The van der Waals surface area contributed by atoms with Crippen LogP contribution in [0, 0.1) is 0 Å². The van der Waals surface area contributed by atoms with E-state index in [1.165, 1.54) is 5.56 Å². The zero-order valence-corrected chi connectivity index (χ0v) is 13.2. The summed E-state index contributed by atoms with van der Waals surface area (Å²) in [7, 11) is 0. The Balaban J connectivity index is 2.07. The van der Waals surface area contributed by atoms with Crippen molar-refractivity contribution in [2.45, 2.75) is 64.0 Å². The van der Waals surface area contributed by atoms with Crippen molar-refractivity contribution in [1.82, 2.24) is 5.32 Å². The van der Waals surface area contributed by atoms with Gasteiger partial charge in [0.05, 0.1) is 12.5 Å². The van der Waals surface area contributed by atoms with Gasteiger partial charge in [0.1, 0.15) is 0 Å². The van der Waals surface area contributed by atoms with Gasteiger partial charge in [0.15, 0.2) is 5.78 Å². The molecule has 4 heteroatoms. The van der Waals surface area contributed by atoms with Crippen molar-refractivity contribution in [2.75, 3.05) is 0 Å². The first-order chi connectivity index (χ1) is 10.6. The van der Waals surface area contributed by atoms with Crippen LogP contribution in [-0.2, 0) is 11.2 Å². The molecule has 1 aliphatic carbocycles. The molecule has 1 fully saturated rings. The first-order valence-corrected chi connectivity index (χ1v) is 8.21. The number of aliphatic carboxylic acids is 1. The second-order valence-electron chi connectivity index (χ2n) is 6.11. The molecule has 22 heavy (non-hydrogen) atoms. The summed E-state index contributed by atoms with van der Waals surface area (Å²) in [5, 5.41) is 12.3. The van der Waals surface area contributed by atoms with Crippen LogP contribution in [0.1, 0.15) is 61.4 Å². The number of carboxylic acids is 1. The highest BCUT2D eigenvalue weighted by Gasteiger charge is 2.27. The molecule has 1 unspecified atom stereocenters. The van der Waals surface area contributed by atoms with Crippen LogP contribution in [0.25, 0.3) is 0 Å². The number of Topliss-reactive ketones (excluding diaryl/α,β-unsaturated/α-hetero) is 1. The lowest BCUT2D eigenvalue weighted by Crippen LogP contribution is -2.43. The fourth-order valence-electron chi connectivity index (χ4n) is 3.10. The molecular formula is C18H25NO3. The Morgan fingerprint density at radius 1 is 1.23 bits per heavy atom. The van der Waals surface area contributed by atoms with E-state index in [9.17, 15) is 9.59 Å². The second kappa shape index (κ2) is 8.08. The Labute approximate surface area is 131 Å². The molecule has 0 aromatic heterocycles. The van der Waals surface area contributed by atoms with Crippen LogP contribution < -0.4 is 5.32 Å². The van der Waals surface area contributed by atoms with Crippen molar-refractivity contribution in [2.24, 2.45) is 0 Å². The molecule has 0 saturated heterocycles. The van der Waals surface area contributed by atoms with Crippen molar-refractivity contribution in [3.05, 3.63) is 35.4 Å². The van der Waals surface area contributed by atoms with E-state index in [1.54, 1.807) is 0 Å². The number of hydrogen-bond donors (Lipinski definition) is 2. The van der Waals surface area contributed by atoms with E-state index >= 15 is 0 Å². The third-order valence-corrected chi connectivity index (χ3v) is 4.26. The number of carbonyl (C=O) groups is 2. The highest BCUT2D eigenvalue weighted by molar-refractivity contribution is 6.01. The normalized spacial score (nSPS) is 16.6. The molecule has 0 amide bonds. The molecule has 0 bridgehead atoms. The number of benzene rings is 1. The smallest absolute Gasteiger partial charge is 0.305 e. The largest absolute Gasteiger partial charge is 0.481 e. The Kier molecular flexibility index (Phi) is 6.13. The summed E-state index contributed by atoms with van der Waals surface area (Å²) in [6.45, 7) is 2.12. The molecule has 0 spiro atoms. The van der Waals surface area contributed by atoms with E-state index in [4.69, 9.17) is 5.11 Å². The summed E-state index contributed by atoms with van der Waals surface area (Å²) in [5.74, 6) is -1.05. The predicted molar refractivity (Wildman–Crippen MR) is 86.2 cm³/mol. The topological polar surface area (TPSA) is 66.4 Å². The molecule has 2 rings (SSSR count). The number of carbonyl (C=O) groups excluding carboxylic acids is 1. The van der Waals surface area contributed by atoms with Crippen molar-refractivity contribution in [1.29, 1.82) is 0 Å². The Morgan fingerprint density at radius 3 is 2.41 bits per heavy atom. The maximum atomic E-state index is 12.6. The van der Waals surface area contributed by atoms with Crippen LogP contribution in [0.5, 0.6) is 0 Å². The van der Waals surface area contributed by atoms with Gasteiger partial charge < -0.3 is 10.4 Å². The first kappa shape index (κ1) is 16.7. The summed E-state index contributed by atoms with van der Waals surface area (Å²) < 4.78 is 0.